The molecule has 66 valence electrons. The molecule has 0 aliphatic rings. The molecular formula is C8H3BrClFN2. The molecule has 0 bridgehead atoms. The van der Waals surface area contributed by atoms with Crippen LogP contribution in [0.5, 0.6) is 0 Å². The minimum absolute atomic E-state index is 0.110. The largest absolute Gasteiger partial charge is 0.226 e. The second kappa shape index (κ2) is 3.20. The lowest BCUT2D eigenvalue weighted by molar-refractivity contribution is 0.623. The Hall–Kier alpha value is -0.740. The van der Waals surface area contributed by atoms with Crippen molar-refractivity contribution >= 4 is 38.4 Å². The van der Waals surface area contributed by atoms with E-state index in [0.29, 0.717) is 9.99 Å². The molecule has 5 heteroatoms. The molecule has 0 N–H and O–H groups in total. The second-order valence-electron chi connectivity index (χ2n) is 2.44. The lowest BCUT2D eigenvalue weighted by Gasteiger charge is -2.00. The first-order valence-corrected chi connectivity index (χ1v) is 4.62. The summed E-state index contributed by atoms with van der Waals surface area (Å²) in [6, 6.07) is 2.95. The Morgan fingerprint density at radius 1 is 1.38 bits per heavy atom. The fourth-order valence-electron chi connectivity index (χ4n) is 1.02. The van der Waals surface area contributed by atoms with E-state index in [-0.39, 0.29) is 11.1 Å². The topological polar surface area (TPSA) is 25.8 Å². The third-order valence-corrected chi connectivity index (χ3v) is 2.55. The van der Waals surface area contributed by atoms with Crippen LogP contribution in [0.25, 0.3) is 10.9 Å². The van der Waals surface area contributed by atoms with E-state index < -0.39 is 0 Å². The van der Waals surface area contributed by atoms with Gasteiger partial charge in [-0.05, 0) is 39.7 Å². The first kappa shape index (κ1) is 8.84. The van der Waals surface area contributed by atoms with Crippen LogP contribution in [0, 0.1) is 5.82 Å². The predicted molar refractivity (Wildman–Crippen MR) is 52.2 cm³/mol. The molecule has 1 heterocycles. The number of benzene rings is 1. The van der Waals surface area contributed by atoms with Gasteiger partial charge in [-0.3, -0.25) is 0 Å². The molecule has 0 atom stereocenters. The van der Waals surface area contributed by atoms with Gasteiger partial charge in [-0.1, -0.05) is 0 Å². The summed E-state index contributed by atoms with van der Waals surface area (Å²) in [6.07, 6.45) is 1.55. The van der Waals surface area contributed by atoms with Crippen molar-refractivity contribution in [1.82, 2.24) is 9.97 Å². The molecule has 2 nitrogen and oxygen atoms in total. The Balaban J connectivity index is 2.89. The van der Waals surface area contributed by atoms with E-state index in [1.807, 2.05) is 0 Å². The van der Waals surface area contributed by atoms with Crippen LogP contribution in [0.4, 0.5) is 4.39 Å². The number of fused-ring (bicyclic) bond motifs is 1. The molecule has 0 fully saturated rings. The molecule has 0 aliphatic carbocycles. The molecule has 0 saturated heterocycles. The number of rotatable bonds is 0. The highest BCUT2D eigenvalue weighted by molar-refractivity contribution is 9.10. The summed E-state index contributed by atoms with van der Waals surface area (Å²) >= 11 is 8.67. The third-order valence-electron chi connectivity index (χ3n) is 1.61. The number of aromatic nitrogens is 2. The fraction of sp³-hybridized carbons (Fsp3) is 0. The Bertz CT molecular complexity index is 470. The van der Waals surface area contributed by atoms with E-state index in [1.165, 1.54) is 6.07 Å². The van der Waals surface area contributed by atoms with E-state index in [0.717, 1.165) is 5.39 Å². The van der Waals surface area contributed by atoms with Crippen molar-refractivity contribution in [3.8, 4) is 0 Å². The molecule has 13 heavy (non-hydrogen) atoms. The molecule has 2 aromatic rings. The summed E-state index contributed by atoms with van der Waals surface area (Å²) < 4.78 is 13.3. The molecule has 0 aliphatic heterocycles. The van der Waals surface area contributed by atoms with E-state index in [4.69, 9.17) is 11.6 Å². The molecule has 0 spiro atoms. The zero-order chi connectivity index (χ0) is 9.42. The highest BCUT2D eigenvalue weighted by Crippen LogP contribution is 2.25. The lowest BCUT2D eigenvalue weighted by atomic mass is 10.2. The minimum Gasteiger partial charge on any atom is -0.226 e. The average Bonchev–Trinajstić information content (AvgIpc) is 2.12. The van der Waals surface area contributed by atoms with Gasteiger partial charge in [-0.25, -0.2) is 14.4 Å². The molecule has 0 saturated carbocycles. The predicted octanol–water partition coefficient (Wildman–Crippen LogP) is 3.18. The van der Waals surface area contributed by atoms with Crippen LogP contribution in [-0.4, -0.2) is 9.97 Å². The second-order valence-corrected chi connectivity index (χ2v) is 3.57. The lowest BCUT2D eigenvalue weighted by Crippen LogP contribution is -1.87. The van der Waals surface area contributed by atoms with Gasteiger partial charge in [0.15, 0.2) is 0 Å². The van der Waals surface area contributed by atoms with E-state index in [2.05, 4.69) is 25.9 Å². The van der Waals surface area contributed by atoms with Crippen molar-refractivity contribution in [3.05, 3.63) is 33.9 Å². The molecule has 0 unspecified atom stereocenters. The fourth-order valence-corrected chi connectivity index (χ4v) is 1.60. The number of nitrogens with zero attached hydrogens (tertiary/aromatic N) is 2. The Labute approximate surface area is 86.9 Å². The summed E-state index contributed by atoms with van der Waals surface area (Å²) in [4.78, 5) is 7.69. The zero-order valence-corrected chi connectivity index (χ0v) is 8.60. The SMILES string of the molecule is Fc1ccc2cnc(Cl)nc2c1Br. The van der Waals surface area contributed by atoms with Gasteiger partial charge in [-0.15, -0.1) is 0 Å². The van der Waals surface area contributed by atoms with Gasteiger partial charge < -0.3 is 0 Å². The zero-order valence-electron chi connectivity index (χ0n) is 6.26. The molecular weight excluding hydrogens is 258 g/mol. The highest BCUT2D eigenvalue weighted by atomic mass is 79.9. The van der Waals surface area contributed by atoms with Crippen molar-refractivity contribution in [2.45, 2.75) is 0 Å². The minimum atomic E-state index is -0.359. The van der Waals surface area contributed by atoms with Gasteiger partial charge in [0.05, 0.1) is 9.99 Å². The van der Waals surface area contributed by atoms with E-state index in [9.17, 15) is 4.39 Å². The summed E-state index contributed by atoms with van der Waals surface area (Å²) in [5, 5.41) is 0.858. The van der Waals surface area contributed by atoms with Gasteiger partial charge in [0, 0.05) is 11.6 Å². The highest BCUT2D eigenvalue weighted by Gasteiger charge is 2.06. The van der Waals surface area contributed by atoms with Crippen molar-refractivity contribution < 1.29 is 4.39 Å². The molecule has 1 aromatic carbocycles. The van der Waals surface area contributed by atoms with Crippen LogP contribution < -0.4 is 0 Å². The van der Waals surface area contributed by atoms with Gasteiger partial charge in [0.2, 0.25) is 5.28 Å². The van der Waals surface area contributed by atoms with Gasteiger partial charge in [0.25, 0.3) is 0 Å². The monoisotopic (exact) mass is 260 g/mol. The van der Waals surface area contributed by atoms with E-state index in [1.54, 1.807) is 12.3 Å². The Morgan fingerprint density at radius 2 is 2.15 bits per heavy atom. The Morgan fingerprint density at radius 3 is 2.92 bits per heavy atom. The molecule has 0 amide bonds. The quantitative estimate of drug-likeness (QED) is 0.681. The van der Waals surface area contributed by atoms with Crippen molar-refractivity contribution in [2.75, 3.05) is 0 Å². The number of hydrogen-bond acceptors (Lipinski definition) is 2. The van der Waals surface area contributed by atoms with Crippen molar-refractivity contribution in [1.29, 1.82) is 0 Å². The van der Waals surface area contributed by atoms with Crippen molar-refractivity contribution in [3.63, 3.8) is 0 Å². The molecule has 1 aromatic heterocycles. The maximum Gasteiger partial charge on any atom is 0.222 e. The van der Waals surface area contributed by atoms with E-state index >= 15 is 0 Å². The Kier molecular flexibility index (Phi) is 2.17. The maximum absolute atomic E-state index is 13.0. The van der Waals surface area contributed by atoms with Crippen LogP contribution in [-0.2, 0) is 0 Å². The number of halogens is 3. The summed E-state index contributed by atoms with van der Waals surface area (Å²) in [7, 11) is 0. The van der Waals surface area contributed by atoms with Gasteiger partial charge in [0.1, 0.15) is 5.82 Å². The molecule has 0 radical (unpaired) electrons. The van der Waals surface area contributed by atoms with Crippen LogP contribution in [0.3, 0.4) is 0 Å². The smallest absolute Gasteiger partial charge is 0.222 e. The first-order chi connectivity index (χ1) is 6.18. The van der Waals surface area contributed by atoms with Crippen LogP contribution >= 0.6 is 27.5 Å². The maximum atomic E-state index is 13.0. The number of hydrogen-bond donors (Lipinski definition) is 0. The summed E-state index contributed by atoms with van der Waals surface area (Å²) in [5.41, 5.74) is 0.486. The third kappa shape index (κ3) is 1.51. The summed E-state index contributed by atoms with van der Waals surface area (Å²) in [6.45, 7) is 0. The standard InChI is InChI=1S/C8H3BrClFN2/c9-6-5(11)2-1-4-3-12-8(10)13-7(4)6/h1-3H. The van der Waals surface area contributed by atoms with Gasteiger partial charge >= 0.3 is 0 Å². The average molecular weight is 261 g/mol. The first-order valence-electron chi connectivity index (χ1n) is 3.45. The van der Waals surface area contributed by atoms with Crippen molar-refractivity contribution in [2.24, 2.45) is 0 Å². The van der Waals surface area contributed by atoms with Crippen LogP contribution in [0.2, 0.25) is 5.28 Å². The van der Waals surface area contributed by atoms with Crippen LogP contribution in [0.1, 0.15) is 0 Å². The normalized spacial score (nSPS) is 10.7. The summed E-state index contributed by atoms with van der Waals surface area (Å²) in [5.74, 6) is -0.359. The van der Waals surface area contributed by atoms with Gasteiger partial charge in [-0.2, -0.15) is 0 Å². The molecule has 2 rings (SSSR count). The van der Waals surface area contributed by atoms with Crippen LogP contribution in [0.15, 0.2) is 22.8 Å².